The lowest BCUT2D eigenvalue weighted by Gasteiger charge is -2.12. The Hall–Kier alpha value is -0.0600. The van der Waals surface area contributed by atoms with Crippen molar-refractivity contribution in [3.63, 3.8) is 0 Å². The van der Waals surface area contributed by atoms with E-state index in [1.165, 1.54) is 0 Å². The van der Waals surface area contributed by atoms with Gasteiger partial charge >= 0.3 is 0 Å². The lowest BCUT2D eigenvalue weighted by atomic mass is 10.2. The molecule has 0 amide bonds. The van der Waals surface area contributed by atoms with Crippen LogP contribution in [0.15, 0.2) is 27.1 Å². The van der Waals surface area contributed by atoms with E-state index in [0.717, 1.165) is 21.1 Å². The predicted molar refractivity (Wildman–Crippen MR) is 66.6 cm³/mol. The van der Waals surface area contributed by atoms with Crippen LogP contribution in [0.2, 0.25) is 0 Å². The maximum absolute atomic E-state index is 9.39. The molecule has 0 bridgehead atoms. The highest BCUT2D eigenvalue weighted by Gasteiger charge is 2.03. The molecule has 0 saturated carbocycles. The fraction of sp³-hybridized carbons (Fsp3) is 0.400. The molecule has 1 atom stereocenters. The number of nitrogens with one attached hydrogen (secondary N) is 1. The summed E-state index contributed by atoms with van der Waals surface area (Å²) in [4.78, 5) is 0. The van der Waals surface area contributed by atoms with Gasteiger partial charge in [-0.15, -0.1) is 0 Å². The first-order valence-electron chi connectivity index (χ1n) is 4.50. The van der Waals surface area contributed by atoms with Crippen LogP contribution in [0.3, 0.4) is 0 Å². The second-order valence-corrected chi connectivity index (χ2v) is 4.84. The Kier molecular flexibility index (Phi) is 4.92. The molecule has 1 aromatic rings. The summed E-state index contributed by atoms with van der Waals surface area (Å²) in [5.41, 5.74) is 0.992. The lowest BCUT2D eigenvalue weighted by molar-refractivity contribution is 0.183. The third kappa shape index (κ3) is 3.59. The molecule has 14 heavy (non-hydrogen) atoms. The minimum Gasteiger partial charge on any atom is -0.391 e. The van der Waals surface area contributed by atoms with Gasteiger partial charge in [-0.2, -0.15) is 0 Å². The molecule has 0 aliphatic rings. The highest BCUT2D eigenvalue weighted by Crippen LogP contribution is 2.26. The van der Waals surface area contributed by atoms with Gasteiger partial charge in [0.1, 0.15) is 0 Å². The van der Waals surface area contributed by atoms with E-state index in [-0.39, 0.29) is 6.10 Å². The zero-order valence-electron chi connectivity index (χ0n) is 7.93. The van der Waals surface area contributed by atoms with Crippen molar-refractivity contribution in [2.24, 2.45) is 0 Å². The lowest BCUT2D eigenvalue weighted by Crippen LogP contribution is -2.18. The van der Waals surface area contributed by atoms with Crippen molar-refractivity contribution in [3.05, 3.63) is 27.1 Å². The van der Waals surface area contributed by atoms with E-state index < -0.39 is 0 Å². The van der Waals surface area contributed by atoms with Crippen molar-refractivity contribution in [2.75, 3.05) is 11.9 Å². The summed E-state index contributed by atoms with van der Waals surface area (Å²) < 4.78 is 2.03. The van der Waals surface area contributed by atoms with Crippen LogP contribution in [-0.4, -0.2) is 17.8 Å². The summed E-state index contributed by atoms with van der Waals surface area (Å²) in [7, 11) is 0. The van der Waals surface area contributed by atoms with Gasteiger partial charge in [-0.1, -0.05) is 22.9 Å². The highest BCUT2D eigenvalue weighted by molar-refractivity contribution is 9.11. The summed E-state index contributed by atoms with van der Waals surface area (Å²) >= 11 is 6.83. The van der Waals surface area contributed by atoms with Gasteiger partial charge < -0.3 is 10.4 Å². The molecule has 2 N–H and O–H groups in total. The number of hydrogen-bond donors (Lipinski definition) is 2. The van der Waals surface area contributed by atoms with E-state index in [0.29, 0.717) is 6.54 Å². The number of rotatable bonds is 4. The van der Waals surface area contributed by atoms with E-state index in [1.54, 1.807) is 0 Å². The summed E-state index contributed by atoms with van der Waals surface area (Å²) in [5.74, 6) is 0. The molecule has 2 nitrogen and oxygen atoms in total. The van der Waals surface area contributed by atoms with Crippen LogP contribution in [0, 0.1) is 0 Å². The van der Waals surface area contributed by atoms with Crippen molar-refractivity contribution >= 4 is 37.5 Å². The van der Waals surface area contributed by atoms with Crippen LogP contribution in [0.1, 0.15) is 13.3 Å². The molecule has 0 spiro atoms. The number of hydrogen-bond acceptors (Lipinski definition) is 2. The highest BCUT2D eigenvalue weighted by atomic mass is 79.9. The molecule has 0 aliphatic heterocycles. The summed E-state index contributed by atoms with van der Waals surface area (Å²) in [6.45, 7) is 2.54. The van der Waals surface area contributed by atoms with Crippen LogP contribution in [-0.2, 0) is 0 Å². The monoisotopic (exact) mass is 321 g/mol. The van der Waals surface area contributed by atoms with Crippen molar-refractivity contribution < 1.29 is 5.11 Å². The van der Waals surface area contributed by atoms with Gasteiger partial charge in [-0.25, -0.2) is 0 Å². The Bertz CT molecular complexity index is 304. The van der Waals surface area contributed by atoms with Crippen LogP contribution < -0.4 is 5.32 Å². The number of aliphatic hydroxyl groups excluding tert-OH is 1. The van der Waals surface area contributed by atoms with Crippen molar-refractivity contribution in [3.8, 4) is 0 Å². The molecule has 0 unspecified atom stereocenters. The Morgan fingerprint density at radius 3 is 2.79 bits per heavy atom. The second kappa shape index (κ2) is 5.73. The van der Waals surface area contributed by atoms with Gasteiger partial charge in [0.25, 0.3) is 0 Å². The van der Waals surface area contributed by atoms with Gasteiger partial charge in [-0.3, -0.25) is 0 Å². The Morgan fingerprint density at radius 1 is 1.43 bits per heavy atom. The molecule has 1 rings (SSSR count). The third-order valence-electron chi connectivity index (χ3n) is 1.93. The maximum atomic E-state index is 9.39. The van der Waals surface area contributed by atoms with Crippen LogP contribution in [0.25, 0.3) is 0 Å². The van der Waals surface area contributed by atoms with E-state index in [2.05, 4.69) is 37.2 Å². The number of halogens is 2. The fourth-order valence-electron chi connectivity index (χ4n) is 1.01. The van der Waals surface area contributed by atoms with E-state index >= 15 is 0 Å². The molecular formula is C10H13Br2NO. The van der Waals surface area contributed by atoms with Gasteiger partial charge in [-0.05, 0) is 40.5 Å². The number of anilines is 1. The Morgan fingerprint density at radius 2 is 2.14 bits per heavy atom. The first kappa shape index (κ1) is 12.0. The molecule has 4 heteroatoms. The Labute approximate surface area is 101 Å². The standard InChI is InChI=1S/C10H13Br2NO/c1-2-8(14)6-13-10-5-7(11)3-4-9(10)12/h3-5,8,13-14H,2,6H2,1H3/t8-/m1/s1. The van der Waals surface area contributed by atoms with Gasteiger partial charge in [0.05, 0.1) is 6.10 Å². The third-order valence-corrected chi connectivity index (χ3v) is 3.11. The van der Waals surface area contributed by atoms with Gasteiger partial charge in [0, 0.05) is 21.2 Å². The minimum absolute atomic E-state index is 0.291. The summed E-state index contributed by atoms with van der Waals surface area (Å²) in [6, 6.07) is 5.91. The minimum atomic E-state index is -0.291. The molecule has 0 radical (unpaired) electrons. The van der Waals surface area contributed by atoms with Crippen LogP contribution in [0.5, 0.6) is 0 Å². The molecule has 0 aliphatic carbocycles. The fourth-order valence-corrected chi connectivity index (χ4v) is 1.75. The van der Waals surface area contributed by atoms with Crippen LogP contribution >= 0.6 is 31.9 Å². The molecule has 1 aromatic carbocycles. The SMILES string of the molecule is CC[C@@H](O)CNc1cc(Br)ccc1Br. The zero-order chi connectivity index (χ0) is 10.6. The molecule has 0 saturated heterocycles. The van der Waals surface area contributed by atoms with Gasteiger partial charge in [0.15, 0.2) is 0 Å². The Balaban J connectivity index is 2.62. The normalized spacial score (nSPS) is 12.6. The second-order valence-electron chi connectivity index (χ2n) is 3.07. The molecule has 0 fully saturated rings. The maximum Gasteiger partial charge on any atom is 0.0709 e. The molecular weight excluding hydrogens is 310 g/mol. The summed E-state index contributed by atoms with van der Waals surface area (Å²) in [6.07, 6.45) is 0.472. The quantitative estimate of drug-likeness (QED) is 0.890. The van der Waals surface area contributed by atoms with Crippen molar-refractivity contribution in [1.29, 1.82) is 0 Å². The van der Waals surface area contributed by atoms with Gasteiger partial charge in [0.2, 0.25) is 0 Å². The first-order valence-corrected chi connectivity index (χ1v) is 6.09. The van der Waals surface area contributed by atoms with Crippen molar-refractivity contribution in [1.82, 2.24) is 0 Å². The zero-order valence-corrected chi connectivity index (χ0v) is 11.1. The topological polar surface area (TPSA) is 32.3 Å². The molecule has 0 aromatic heterocycles. The number of benzene rings is 1. The largest absolute Gasteiger partial charge is 0.391 e. The average Bonchev–Trinajstić information content (AvgIpc) is 2.19. The average molecular weight is 323 g/mol. The van der Waals surface area contributed by atoms with E-state index in [4.69, 9.17) is 0 Å². The van der Waals surface area contributed by atoms with E-state index in [1.807, 2.05) is 25.1 Å². The predicted octanol–water partition coefficient (Wildman–Crippen LogP) is 3.39. The van der Waals surface area contributed by atoms with E-state index in [9.17, 15) is 5.11 Å². The van der Waals surface area contributed by atoms with Crippen LogP contribution in [0.4, 0.5) is 5.69 Å². The molecule has 0 heterocycles. The molecule has 78 valence electrons. The summed E-state index contributed by atoms with van der Waals surface area (Å²) in [5, 5.41) is 12.6. The number of aliphatic hydroxyl groups is 1. The first-order chi connectivity index (χ1) is 6.63. The van der Waals surface area contributed by atoms with Crippen molar-refractivity contribution in [2.45, 2.75) is 19.4 Å². The smallest absolute Gasteiger partial charge is 0.0709 e.